The quantitative estimate of drug-likeness (QED) is 0.223. The fraction of sp³-hybridized carbons (Fsp3) is 0.516. The van der Waals surface area contributed by atoms with Gasteiger partial charge in [0.2, 0.25) is 17.7 Å². The summed E-state index contributed by atoms with van der Waals surface area (Å²) in [5, 5.41) is 15.1. The first-order chi connectivity index (χ1) is 20.3. The predicted molar refractivity (Wildman–Crippen MR) is 161 cm³/mol. The van der Waals surface area contributed by atoms with Crippen LogP contribution in [0.15, 0.2) is 48.5 Å². The number of halogens is 1. The van der Waals surface area contributed by atoms with Gasteiger partial charge in [-0.05, 0) is 74.7 Å². The number of likely N-dealkylation sites (tertiary alicyclic amines) is 1. The number of hydrogen-bond acceptors (Lipinski definition) is 7. The summed E-state index contributed by atoms with van der Waals surface area (Å²) < 4.78 is 17.3. The number of rotatable bonds is 13. The molecule has 2 bridgehead atoms. The van der Waals surface area contributed by atoms with Crippen LogP contribution in [0.1, 0.15) is 39.0 Å². The lowest BCUT2D eigenvalue weighted by atomic mass is 9.70. The van der Waals surface area contributed by atoms with Crippen LogP contribution in [0.5, 0.6) is 11.5 Å². The van der Waals surface area contributed by atoms with Crippen molar-refractivity contribution in [3.63, 3.8) is 0 Å². The number of nitrogens with one attached hydrogen (secondary N) is 2. The minimum atomic E-state index is -1.14. The summed E-state index contributed by atoms with van der Waals surface area (Å²) in [6, 6.07) is 13.2. The Labute approximate surface area is 254 Å². The van der Waals surface area contributed by atoms with Gasteiger partial charge >= 0.3 is 0 Å². The summed E-state index contributed by atoms with van der Waals surface area (Å²) in [5.74, 6) is -1.09. The molecule has 2 aromatic rings. The second-order valence-electron chi connectivity index (χ2n) is 11.0. The van der Waals surface area contributed by atoms with E-state index in [0.29, 0.717) is 55.3 Å². The Morgan fingerprint density at radius 2 is 1.62 bits per heavy atom. The van der Waals surface area contributed by atoms with Crippen LogP contribution in [0, 0.1) is 11.8 Å². The predicted octanol–water partition coefficient (Wildman–Crippen LogP) is 3.97. The number of amides is 3. The molecular weight excluding hydrogens is 606 g/mol. The number of anilines is 2. The number of carbonyl (C=O) groups is 3. The van der Waals surface area contributed by atoms with Crippen molar-refractivity contribution in [2.45, 2.75) is 61.6 Å². The van der Waals surface area contributed by atoms with Gasteiger partial charge in [0.25, 0.3) is 0 Å². The minimum absolute atomic E-state index is 0.119. The Balaban J connectivity index is 1.41. The molecule has 6 atom stereocenters. The maximum atomic E-state index is 14.1. The van der Waals surface area contributed by atoms with Gasteiger partial charge in [-0.2, -0.15) is 0 Å². The molecule has 3 saturated heterocycles. The summed E-state index contributed by atoms with van der Waals surface area (Å²) in [7, 11) is 1.57. The highest BCUT2D eigenvalue weighted by molar-refractivity contribution is 9.09. The zero-order valence-corrected chi connectivity index (χ0v) is 25.5. The van der Waals surface area contributed by atoms with E-state index in [-0.39, 0.29) is 29.2 Å². The summed E-state index contributed by atoms with van der Waals surface area (Å²) >= 11 is 3.71. The average Bonchev–Trinajstić information content (AvgIpc) is 3.57. The molecule has 3 heterocycles. The number of nitrogens with zero attached hydrogens (tertiary/aromatic N) is 1. The van der Waals surface area contributed by atoms with Crippen molar-refractivity contribution in [2.75, 3.05) is 37.5 Å². The highest BCUT2D eigenvalue weighted by atomic mass is 79.9. The molecule has 42 heavy (non-hydrogen) atoms. The molecule has 0 radical (unpaired) electrons. The largest absolute Gasteiger partial charge is 0.497 e. The van der Waals surface area contributed by atoms with Gasteiger partial charge in [0.05, 0.1) is 31.7 Å². The Bertz CT molecular complexity index is 1270. The first-order valence-corrected chi connectivity index (χ1v) is 15.5. The molecule has 226 valence electrons. The van der Waals surface area contributed by atoms with Crippen LogP contribution in [0.25, 0.3) is 0 Å². The lowest BCUT2D eigenvalue weighted by Crippen LogP contribution is -2.54. The summed E-state index contributed by atoms with van der Waals surface area (Å²) in [6.07, 6.45) is 2.87. The zero-order chi connectivity index (χ0) is 29.9. The van der Waals surface area contributed by atoms with Crippen molar-refractivity contribution < 1.29 is 33.7 Å². The number of aliphatic hydroxyl groups excluding tert-OH is 1. The van der Waals surface area contributed by atoms with Crippen molar-refractivity contribution in [3.05, 3.63) is 48.5 Å². The van der Waals surface area contributed by atoms with Gasteiger partial charge in [0.15, 0.2) is 0 Å². The van der Waals surface area contributed by atoms with Crippen LogP contribution >= 0.6 is 15.9 Å². The van der Waals surface area contributed by atoms with E-state index in [4.69, 9.17) is 19.3 Å². The molecule has 11 heteroatoms. The van der Waals surface area contributed by atoms with Crippen molar-refractivity contribution in [1.29, 1.82) is 0 Å². The molecule has 3 fully saturated rings. The summed E-state index contributed by atoms with van der Waals surface area (Å²) in [4.78, 5) is 43.3. The maximum Gasteiger partial charge on any atom is 0.250 e. The molecule has 3 unspecified atom stereocenters. The topological polar surface area (TPSA) is 126 Å². The third-order valence-corrected chi connectivity index (χ3v) is 9.28. The van der Waals surface area contributed by atoms with Crippen LogP contribution in [0.4, 0.5) is 11.4 Å². The molecule has 5 rings (SSSR count). The smallest absolute Gasteiger partial charge is 0.250 e. The molecule has 3 aliphatic heterocycles. The normalized spacial score (nSPS) is 27.6. The van der Waals surface area contributed by atoms with E-state index in [0.717, 1.165) is 12.8 Å². The van der Waals surface area contributed by atoms with E-state index in [2.05, 4.69) is 26.6 Å². The van der Waals surface area contributed by atoms with E-state index < -0.39 is 29.6 Å². The highest BCUT2D eigenvalue weighted by Crippen LogP contribution is 2.60. The number of hydrogen-bond donors (Lipinski definition) is 3. The maximum absolute atomic E-state index is 14.1. The van der Waals surface area contributed by atoms with E-state index in [1.165, 1.54) is 0 Å². The van der Waals surface area contributed by atoms with Crippen molar-refractivity contribution in [3.8, 4) is 11.5 Å². The number of ether oxygens (including phenoxy) is 3. The lowest BCUT2D eigenvalue weighted by Gasteiger charge is -2.34. The lowest BCUT2D eigenvalue weighted by molar-refractivity contribution is -0.139. The van der Waals surface area contributed by atoms with Crippen molar-refractivity contribution in [1.82, 2.24) is 4.90 Å². The number of fused-ring (bicyclic) bond motifs is 1. The minimum Gasteiger partial charge on any atom is -0.497 e. The van der Waals surface area contributed by atoms with Gasteiger partial charge in [0, 0.05) is 29.4 Å². The van der Waals surface area contributed by atoms with E-state index >= 15 is 0 Å². The molecular formula is C31H38BrN3O7. The molecule has 3 aliphatic rings. The summed E-state index contributed by atoms with van der Waals surface area (Å²) in [5.41, 5.74) is 0.0217. The fourth-order valence-corrected chi connectivity index (χ4v) is 7.57. The molecule has 1 spiro atoms. The average molecular weight is 645 g/mol. The molecule has 2 aromatic carbocycles. The van der Waals surface area contributed by atoms with Gasteiger partial charge in [-0.1, -0.05) is 28.8 Å². The Morgan fingerprint density at radius 3 is 2.24 bits per heavy atom. The van der Waals surface area contributed by atoms with Gasteiger partial charge < -0.3 is 34.9 Å². The molecule has 0 aliphatic carbocycles. The molecule has 0 saturated carbocycles. The second kappa shape index (κ2) is 13.0. The van der Waals surface area contributed by atoms with Gasteiger partial charge in [-0.25, -0.2) is 0 Å². The number of carbonyl (C=O) groups excluding carboxylic acids is 3. The number of aliphatic hydroxyl groups is 1. The highest BCUT2D eigenvalue weighted by Gasteiger charge is 2.76. The second-order valence-corrected chi connectivity index (χ2v) is 12.2. The molecule has 10 nitrogen and oxygen atoms in total. The van der Waals surface area contributed by atoms with E-state index in [1.807, 2.05) is 6.92 Å². The van der Waals surface area contributed by atoms with E-state index in [9.17, 15) is 14.4 Å². The van der Waals surface area contributed by atoms with E-state index in [1.54, 1.807) is 60.5 Å². The number of benzene rings is 2. The molecule has 3 amide bonds. The van der Waals surface area contributed by atoms with Gasteiger partial charge in [-0.15, -0.1) is 0 Å². The monoisotopic (exact) mass is 643 g/mol. The van der Waals surface area contributed by atoms with Crippen molar-refractivity contribution in [2.24, 2.45) is 11.8 Å². The van der Waals surface area contributed by atoms with Crippen molar-refractivity contribution >= 4 is 45.0 Å². The number of methoxy groups -OCH3 is 1. The Kier molecular flexibility index (Phi) is 9.39. The Morgan fingerprint density at radius 1 is 1.00 bits per heavy atom. The molecule has 0 aromatic heterocycles. The fourth-order valence-electron chi connectivity index (χ4n) is 6.63. The zero-order valence-electron chi connectivity index (χ0n) is 23.9. The summed E-state index contributed by atoms with van der Waals surface area (Å²) in [6.45, 7) is 2.92. The third kappa shape index (κ3) is 5.74. The SMILES string of the molecule is CCOc1ccc(NC(=O)[C@H]2[C@@H]3OC4(CC3Br)C(C(=O)Nc3ccc(OC)cc3)N(CCCCCCO)C(=O)[C@H]24)cc1. The van der Waals surface area contributed by atoms with Crippen LogP contribution in [-0.4, -0.2) is 77.2 Å². The third-order valence-electron chi connectivity index (χ3n) is 8.44. The first-order valence-electron chi connectivity index (χ1n) is 14.5. The number of alkyl halides is 1. The van der Waals surface area contributed by atoms with Gasteiger partial charge in [0.1, 0.15) is 23.1 Å². The van der Waals surface area contributed by atoms with Crippen LogP contribution in [0.2, 0.25) is 0 Å². The van der Waals surface area contributed by atoms with Crippen LogP contribution in [-0.2, 0) is 19.1 Å². The van der Waals surface area contributed by atoms with Crippen LogP contribution < -0.4 is 20.1 Å². The van der Waals surface area contributed by atoms with Crippen LogP contribution in [0.3, 0.4) is 0 Å². The Hall–Kier alpha value is -3.15. The molecule has 3 N–H and O–H groups in total. The number of unbranched alkanes of at least 4 members (excludes halogenated alkanes) is 3. The van der Waals surface area contributed by atoms with Gasteiger partial charge in [-0.3, -0.25) is 14.4 Å². The standard InChI is InChI=1S/C31H38BrN3O7/c1-3-41-22-14-10-19(11-15-22)33-28(37)24-25-30(39)35(16-6-4-5-7-17-36)27(31(25)18-23(32)26(24)42-31)29(38)34-20-8-12-21(40-2)13-9-20/h8-15,23-27,36H,3-7,16-18H2,1-2H3,(H,33,37)(H,34,38)/t23?,24-,25+,26-,27?,31?/m1/s1. The first kappa shape index (κ1) is 30.3.